The number of benzene rings is 2. The second-order valence-electron chi connectivity index (χ2n) is 6.03. The maximum atomic E-state index is 10.9. The average Bonchev–Trinajstić information content (AvgIpc) is 2.65. The van der Waals surface area contributed by atoms with Gasteiger partial charge in [-0.15, -0.1) is 0 Å². The predicted octanol–water partition coefficient (Wildman–Crippen LogP) is 3.16. The molecule has 7 nitrogen and oxygen atoms in total. The lowest BCUT2D eigenvalue weighted by atomic mass is 9.87. The van der Waals surface area contributed by atoms with Crippen molar-refractivity contribution in [3.05, 3.63) is 69.8 Å². The smallest absolute Gasteiger partial charge is 0.332 e. The van der Waals surface area contributed by atoms with Gasteiger partial charge in [-0.25, -0.2) is 4.79 Å². The number of non-ortho nitro benzene ring substituents is 1. The van der Waals surface area contributed by atoms with Crippen molar-refractivity contribution in [1.29, 1.82) is 0 Å². The van der Waals surface area contributed by atoms with Crippen molar-refractivity contribution in [3.63, 3.8) is 0 Å². The molecule has 0 spiro atoms. The third-order valence-electron chi connectivity index (χ3n) is 4.29. The summed E-state index contributed by atoms with van der Waals surface area (Å²) in [5, 5.41) is 29.2. The van der Waals surface area contributed by atoms with Crippen LogP contribution in [0.2, 0.25) is 0 Å². The number of carboxylic acids is 1. The van der Waals surface area contributed by atoms with Gasteiger partial charge in [-0.05, 0) is 48.4 Å². The molecule has 2 N–H and O–H groups in total. The van der Waals surface area contributed by atoms with Crippen molar-refractivity contribution in [3.8, 4) is 5.75 Å². The van der Waals surface area contributed by atoms with Gasteiger partial charge in [0.05, 0.1) is 12.0 Å². The Balaban J connectivity index is 2.18. The fourth-order valence-electron chi connectivity index (χ4n) is 2.78. The van der Waals surface area contributed by atoms with Crippen LogP contribution in [0.25, 0.3) is 0 Å². The molecule has 2 rings (SSSR count). The number of aliphatic carboxylic acids is 1. The molecule has 0 heterocycles. The summed E-state index contributed by atoms with van der Waals surface area (Å²) in [5.74, 6) is -0.557. The molecular weight excluding hydrogens is 338 g/mol. The number of nitro groups is 1. The average molecular weight is 359 g/mol. The summed E-state index contributed by atoms with van der Waals surface area (Å²) in [6.45, 7) is 0. The van der Waals surface area contributed by atoms with Crippen LogP contribution in [-0.4, -0.2) is 34.3 Å². The Bertz CT molecular complexity index is 742. The standard InChI is InChI=1S/C19H21NO6/c1-26-17-9-4-14(5-10-17)15(6-11-18(21)19(22)23)12-13-2-7-16(8-3-13)20(24)25/h2-5,7-10,15,18,21H,6,11-12H2,1H3,(H,22,23)/t15?,18-/m1/s1. The number of methoxy groups -OCH3 is 1. The lowest BCUT2D eigenvalue weighted by molar-refractivity contribution is -0.384. The first-order valence-corrected chi connectivity index (χ1v) is 8.19. The molecule has 2 aromatic carbocycles. The molecular formula is C19H21NO6. The van der Waals surface area contributed by atoms with E-state index in [4.69, 9.17) is 9.84 Å². The van der Waals surface area contributed by atoms with Crippen LogP contribution in [0.15, 0.2) is 48.5 Å². The van der Waals surface area contributed by atoms with Gasteiger partial charge >= 0.3 is 5.97 Å². The minimum Gasteiger partial charge on any atom is -0.497 e. The van der Waals surface area contributed by atoms with E-state index in [1.165, 1.54) is 12.1 Å². The van der Waals surface area contributed by atoms with Crippen LogP contribution < -0.4 is 4.74 Å². The minimum absolute atomic E-state index is 0.0241. The van der Waals surface area contributed by atoms with Crippen LogP contribution in [0.1, 0.15) is 29.9 Å². The van der Waals surface area contributed by atoms with E-state index in [-0.39, 0.29) is 18.0 Å². The monoisotopic (exact) mass is 359 g/mol. The number of nitrogens with zero attached hydrogens (tertiary/aromatic N) is 1. The molecule has 26 heavy (non-hydrogen) atoms. The van der Waals surface area contributed by atoms with E-state index in [1.807, 2.05) is 24.3 Å². The van der Waals surface area contributed by atoms with Gasteiger partial charge < -0.3 is 14.9 Å². The van der Waals surface area contributed by atoms with E-state index >= 15 is 0 Å². The maximum Gasteiger partial charge on any atom is 0.332 e. The van der Waals surface area contributed by atoms with Gasteiger partial charge in [0.1, 0.15) is 5.75 Å². The first-order chi connectivity index (χ1) is 12.4. The third kappa shape index (κ3) is 5.29. The number of hydrogen-bond donors (Lipinski definition) is 2. The van der Waals surface area contributed by atoms with Crippen molar-refractivity contribution in [2.24, 2.45) is 0 Å². The summed E-state index contributed by atoms with van der Waals surface area (Å²) < 4.78 is 5.15. The molecule has 0 fully saturated rings. The Kier molecular flexibility index (Phi) is 6.68. The molecule has 7 heteroatoms. The SMILES string of the molecule is COc1ccc(C(CC[C@@H](O)C(=O)O)Cc2ccc([N+](=O)[O-])cc2)cc1. The predicted molar refractivity (Wildman–Crippen MR) is 95.4 cm³/mol. The molecule has 0 aliphatic rings. The van der Waals surface area contributed by atoms with Crippen LogP contribution in [-0.2, 0) is 11.2 Å². The van der Waals surface area contributed by atoms with Gasteiger partial charge in [0.15, 0.2) is 6.10 Å². The zero-order valence-electron chi connectivity index (χ0n) is 14.4. The molecule has 2 atom stereocenters. The second-order valence-corrected chi connectivity index (χ2v) is 6.03. The second kappa shape index (κ2) is 8.96. The van der Waals surface area contributed by atoms with Crippen LogP contribution >= 0.6 is 0 Å². The number of aliphatic hydroxyl groups is 1. The number of carboxylic acid groups (broad SMARTS) is 1. The number of ether oxygens (including phenoxy) is 1. The molecule has 0 saturated heterocycles. The highest BCUT2D eigenvalue weighted by Gasteiger charge is 2.19. The van der Waals surface area contributed by atoms with Gasteiger partial charge in [-0.1, -0.05) is 24.3 Å². The molecule has 1 unspecified atom stereocenters. The van der Waals surface area contributed by atoms with Gasteiger partial charge in [0.25, 0.3) is 5.69 Å². The molecule has 0 aliphatic heterocycles. The topological polar surface area (TPSA) is 110 Å². The Morgan fingerprint density at radius 2 is 1.73 bits per heavy atom. The summed E-state index contributed by atoms with van der Waals surface area (Å²) in [7, 11) is 1.58. The maximum absolute atomic E-state index is 10.9. The normalized spacial score (nSPS) is 13.0. The van der Waals surface area contributed by atoms with Crippen molar-refractivity contribution in [1.82, 2.24) is 0 Å². The summed E-state index contributed by atoms with van der Waals surface area (Å²) in [5.41, 5.74) is 1.92. The van der Waals surface area contributed by atoms with Gasteiger partial charge in [0, 0.05) is 12.1 Å². The van der Waals surface area contributed by atoms with Crippen molar-refractivity contribution in [2.45, 2.75) is 31.3 Å². The van der Waals surface area contributed by atoms with E-state index in [1.54, 1.807) is 19.2 Å². The lowest BCUT2D eigenvalue weighted by Crippen LogP contribution is -2.20. The van der Waals surface area contributed by atoms with Crippen LogP contribution in [0.5, 0.6) is 5.75 Å². The number of rotatable bonds is 9. The highest BCUT2D eigenvalue weighted by atomic mass is 16.6. The van der Waals surface area contributed by atoms with E-state index in [0.29, 0.717) is 18.6 Å². The van der Waals surface area contributed by atoms with Crippen molar-refractivity contribution >= 4 is 11.7 Å². The fourth-order valence-corrected chi connectivity index (χ4v) is 2.78. The molecule has 2 aromatic rings. The van der Waals surface area contributed by atoms with E-state index in [0.717, 1.165) is 11.1 Å². The zero-order valence-corrected chi connectivity index (χ0v) is 14.4. The van der Waals surface area contributed by atoms with E-state index in [9.17, 15) is 20.0 Å². The number of aliphatic hydroxyl groups excluding tert-OH is 1. The lowest BCUT2D eigenvalue weighted by Gasteiger charge is -2.19. The minimum atomic E-state index is -1.41. The van der Waals surface area contributed by atoms with Crippen molar-refractivity contribution < 1.29 is 24.7 Å². The third-order valence-corrected chi connectivity index (χ3v) is 4.29. The van der Waals surface area contributed by atoms with Gasteiger partial charge in [-0.2, -0.15) is 0 Å². The highest BCUT2D eigenvalue weighted by Crippen LogP contribution is 2.28. The summed E-state index contributed by atoms with van der Waals surface area (Å²) in [6, 6.07) is 13.8. The van der Waals surface area contributed by atoms with E-state index < -0.39 is 17.0 Å². The highest BCUT2D eigenvalue weighted by molar-refractivity contribution is 5.71. The molecule has 0 aromatic heterocycles. The molecule has 0 amide bonds. The Labute approximate surface area is 151 Å². The molecule has 0 saturated carbocycles. The van der Waals surface area contributed by atoms with Gasteiger partial charge in [0.2, 0.25) is 0 Å². The molecule has 0 radical (unpaired) electrons. The van der Waals surface area contributed by atoms with Crippen LogP contribution in [0, 0.1) is 10.1 Å². The number of hydrogen-bond acceptors (Lipinski definition) is 5. The Hall–Kier alpha value is -2.93. The number of carbonyl (C=O) groups is 1. The Morgan fingerprint density at radius 3 is 2.23 bits per heavy atom. The summed E-state index contributed by atoms with van der Waals surface area (Å²) in [4.78, 5) is 21.2. The van der Waals surface area contributed by atoms with E-state index in [2.05, 4.69) is 0 Å². The fraction of sp³-hybridized carbons (Fsp3) is 0.316. The zero-order chi connectivity index (χ0) is 19.1. The first kappa shape index (κ1) is 19.4. The summed E-state index contributed by atoms with van der Waals surface area (Å²) in [6.07, 6.45) is -0.237. The first-order valence-electron chi connectivity index (χ1n) is 8.19. The van der Waals surface area contributed by atoms with Crippen molar-refractivity contribution in [2.75, 3.05) is 7.11 Å². The molecule has 0 bridgehead atoms. The number of nitro benzene ring substituents is 1. The Morgan fingerprint density at radius 1 is 1.12 bits per heavy atom. The molecule has 0 aliphatic carbocycles. The van der Waals surface area contributed by atoms with Crippen LogP contribution in [0.4, 0.5) is 5.69 Å². The largest absolute Gasteiger partial charge is 0.497 e. The quantitative estimate of drug-likeness (QED) is 0.526. The summed E-state index contributed by atoms with van der Waals surface area (Å²) >= 11 is 0. The van der Waals surface area contributed by atoms with Crippen LogP contribution in [0.3, 0.4) is 0 Å². The van der Waals surface area contributed by atoms with Gasteiger partial charge in [-0.3, -0.25) is 10.1 Å². The molecule has 138 valence electrons.